The van der Waals surface area contributed by atoms with Crippen molar-refractivity contribution < 1.29 is 4.74 Å². The average Bonchev–Trinajstić information content (AvgIpc) is 2.30. The van der Waals surface area contributed by atoms with Crippen LogP contribution in [0.1, 0.15) is 24.9 Å². The standard InChI is InChI=1S/C13H18BrNO/c1-4-13(15-9-10(2)14)11-6-5-7-12(8-11)16-3/h5-8,13,15H,2,4,9H2,1,3H3. The molecule has 1 aromatic rings. The lowest BCUT2D eigenvalue weighted by Crippen LogP contribution is -2.21. The van der Waals surface area contributed by atoms with E-state index in [1.807, 2.05) is 12.1 Å². The summed E-state index contributed by atoms with van der Waals surface area (Å²) >= 11 is 3.35. The maximum Gasteiger partial charge on any atom is 0.119 e. The van der Waals surface area contributed by atoms with E-state index in [0.29, 0.717) is 6.04 Å². The molecule has 1 rings (SSSR count). The molecule has 0 saturated heterocycles. The summed E-state index contributed by atoms with van der Waals surface area (Å²) in [7, 11) is 1.69. The number of rotatable bonds is 6. The third kappa shape index (κ3) is 3.99. The van der Waals surface area contributed by atoms with Gasteiger partial charge >= 0.3 is 0 Å². The van der Waals surface area contributed by atoms with Crippen LogP contribution in [0.15, 0.2) is 35.3 Å². The first-order chi connectivity index (χ1) is 7.67. The third-order valence-electron chi connectivity index (χ3n) is 2.44. The quantitative estimate of drug-likeness (QED) is 0.861. The zero-order chi connectivity index (χ0) is 12.0. The van der Waals surface area contributed by atoms with Crippen molar-refractivity contribution >= 4 is 15.9 Å². The Bertz CT molecular complexity index is 352. The molecular formula is C13H18BrNO. The monoisotopic (exact) mass is 283 g/mol. The van der Waals surface area contributed by atoms with Gasteiger partial charge in [0.25, 0.3) is 0 Å². The summed E-state index contributed by atoms with van der Waals surface area (Å²) in [6.07, 6.45) is 1.04. The lowest BCUT2D eigenvalue weighted by Gasteiger charge is -2.17. The van der Waals surface area contributed by atoms with Crippen molar-refractivity contribution in [1.82, 2.24) is 5.32 Å². The predicted octanol–water partition coefficient (Wildman–Crippen LogP) is 3.64. The van der Waals surface area contributed by atoms with Gasteiger partial charge in [-0.1, -0.05) is 41.6 Å². The van der Waals surface area contributed by atoms with Crippen LogP contribution in [0.3, 0.4) is 0 Å². The van der Waals surface area contributed by atoms with E-state index in [9.17, 15) is 0 Å². The van der Waals surface area contributed by atoms with Crippen LogP contribution in [-0.2, 0) is 0 Å². The van der Waals surface area contributed by atoms with Crippen molar-refractivity contribution in [2.75, 3.05) is 13.7 Å². The number of hydrogen-bond acceptors (Lipinski definition) is 2. The van der Waals surface area contributed by atoms with Crippen LogP contribution in [0.2, 0.25) is 0 Å². The zero-order valence-corrected chi connectivity index (χ0v) is 11.4. The van der Waals surface area contributed by atoms with Crippen LogP contribution in [-0.4, -0.2) is 13.7 Å². The Morgan fingerprint density at radius 2 is 2.31 bits per heavy atom. The molecule has 0 heterocycles. The normalized spacial score (nSPS) is 12.2. The molecule has 0 aliphatic rings. The van der Waals surface area contributed by atoms with Crippen LogP contribution in [0.4, 0.5) is 0 Å². The van der Waals surface area contributed by atoms with Gasteiger partial charge < -0.3 is 10.1 Å². The maximum absolute atomic E-state index is 5.22. The molecule has 0 aliphatic carbocycles. The van der Waals surface area contributed by atoms with Crippen molar-refractivity contribution in [3.63, 3.8) is 0 Å². The minimum atomic E-state index is 0.337. The highest BCUT2D eigenvalue weighted by atomic mass is 79.9. The van der Waals surface area contributed by atoms with Gasteiger partial charge in [0, 0.05) is 17.1 Å². The van der Waals surface area contributed by atoms with Gasteiger partial charge in [-0.25, -0.2) is 0 Å². The second-order valence-electron chi connectivity index (χ2n) is 3.64. The molecule has 1 unspecified atom stereocenters. The molecular weight excluding hydrogens is 266 g/mol. The van der Waals surface area contributed by atoms with E-state index in [-0.39, 0.29) is 0 Å². The Balaban J connectivity index is 2.73. The summed E-state index contributed by atoms with van der Waals surface area (Å²) < 4.78 is 6.19. The van der Waals surface area contributed by atoms with Crippen LogP contribution < -0.4 is 10.1 Å². The molecule has 0 aromatic heterocycles. The summed E-state index contributed by atoms with van der Waals surface area (Å²) in [4.78, 5) is 0. The fraction of sp³-hybridized carbons (Fsp3) is 0.385. The van der Waals surface area contributed by atoms with E-state index < -0.39 is 0 Å². The van der Waals surface area contributed by atoms with Gasteiger partial charge in [0.05, 0.1) is 7.11 Å². The summed E-state index contributed by atoms with van der Waals surface area (Å²) in [6.45, 7) is 6.75. The summed E-state index contributed by atoms with van der Waals surface area (Å²) in [5.41, 5.74) is 1.25. The molecule has 88 valence electrons. The van der Waals surface area contributed by atoms with Crippen molar-refractivity contribution in [1.29, 1.82) is 0 Å². The average molecular weight is 284 g/mol. The largest absolute Gasteiger partial charge is 0.497 e. The van der Waals surface area contributed by atoms with E-state index in [4.69, 9.17) is 4.74 Å². The molecule has 0 amide bonds. The van der Waals surface area contributed by atoms with Gasteiger partial charge in [-0.3, -0.25) is 0 Å². The SMILES string of the molecule is C=C(Br)CNC(CC)c1cccc(OC)c1. The van der Waals surface area contributed by atoms with E-state index in [1.165, 1.54) is 5.56 Å². The molecule has 0 radical (unpaired) electrons. The van der Waals surface area contributed by atoms with E-state index >= 15 is 0 Å². The van der Waals surface area contributed by atoms with E-state index in [0.717, 1.165) is 23.2 Å². The van der Waals surface area contributed by atoms with Gasteiger partial charge in [0.15, 0.2) is 0 Å². The molecule has 0 fully saturated rings. The highest BCUT2D eigenvalue weighted by Gasteiger charge is 2.09. The van der Waals surface area contributed by atoms with Crippen molar-refractivity contribution in [2.24, 2.45) is 0 Å². The molecule has 0 aliphatic heterocycles. The van der Waals surface area contributed by atoms with Crippen molar-refractivity contribution in [3.05, 3.63) is 40.9 Å². The molecule has 1 atom stereocenters. The Labute approximate surface area is 106 Å². The fourth-order valence-corrected chi connectivity index (χ4v) is 1.75. The van der Waals surface area contributed by atoms with Gasteiger partial charge in [-0.2, -0.15) is 0 Å². The molecule has 16 heavy (non-hydrogen) atoms. The van der Waals surface area contributed by atoms with E-state index in [1.54, 1.807) is 7.11 Å². The second kappa shape index (κ2) is 6.71. The van der Waals surface area contributed by atoms with E-state index in [2.05, 4.69) is 46.9 Å². The highest BCUT2D eigenvalue weighted by molar-refractivity contribution is 9.11. The minimum absolute atomic E-state index is 0.337. The lowest BCUT2D eigenvalue weighted by atomic mass is 10.0. The number of benzene rings is 1. The number of methoxy groups -OCH3 is 1. The Hall–Kier alpha value is -0.800. The van der Waals surface area contributed by atoms with Crippen LogP contribution in [0.25, 0.3) is 0 Å². The molecule has 0 saturated carbocycles. The van der Waals surface area contributed by atoms with Gasteiger partial charge in [0.1, 0.15) is 5.75 Å². The topological polar surface area (TPSA) is 21.3 Å². The number of hydrogen-bond donors (Lipinski definition) is 1. The van der Waals surface area contributed by atoms with Gasteiger partial charge in [0.2, 0.25) is 0 Å². The van der Waals surface area contributed by atoms with Crippen LogP contribution in [0, 0.1) is 0 Å². The van der Waals surface area contributed by atoms with Crippen molar-refractivity contribution in [2.45, 2.75) is 19.4 Å². The number of nitrogens with one attached hydrogen (secondary N) is 1. The summed E-state index contributed by atoms with van der Waals surface area (Å²) in [5.74, 6) is 0.899. The first kappa shape index (κ1) is 13.3. The molecule has 0 spiro atoms. The smallest absolute Gasteiger partial charge is 0.119 e. The fourth-order valence-electron chi connectivity index (χ4n) is 1.59. The summed E-state index contributed by atoms with van der Waals surface area (Å²) in [5, 5.41) is 3.43. The molecule has 3 heteroatoms. The Kier molecular flexibility index (Phi) is 5.56. The first-order valence-corrected chi connectivity index (χ1v) is 6.17. The molecule has 2 nitrogen and oxygen atoms in total. The number of halogens is 1. The van der Waals surface area contributed by atoms with Gasteiger partial charge in [-0.05, 0) is 24.1 Å². The first-order valence-electron chi connectivity index (χ1n) is 5.38. The minimum Gasteiger partial charge on any atom is -0.497 e. The Morgan fingerprint density at radius 3 is 2.88 bits per heavy atom. The van der Waals surface area contributed by atoms with Crippen LogP contribution >= 0.6 is 15.9 Å². The lowest BCUT2D eigenvalue weighted by molar-refractivity contribution is 0.413. The molecule has 1 aromatic carbocycles. The molecule has 1 N–H and O–H groups in total. The maximum atomic E-state index is 5.22. The third-order valence-corrected chi connectivity index (χ3v) is 2.73. The highest BCUT2D eigenvalue weighted by Crippen LogP contribution is 2.21. The molecule has 0 bridgehead atoms. The Morgan fingerprint density at radius 1 is 1.56 bits per heavy atom. The van der Waals surface area contributed by atoms with Gasteiger partial charge in [-0.15, -0.1) is 0 Å². The second-order valence-corrected chi connectivity index (χ2v) is 4.76. The van der Waals surface area contributed by atoms with Crippen LogP contribution in [0.5, 0.6) is 5.75 Å². The predicted molar refractivity (Wildman–Crippen MR) is 72.1 cm³/mol. The zero-order valence-electron chi connectivity index (χ0n) is 9.79. The summed E-state index contributed by atoms with van der Waals surface area (Å²) in [6, 6.07) is 8.49. The van der Waals surface area contributed by atoms with Crippen molar-refractivity contribution in [3.8, 4) is 5.75 Å². The number of ether oxygens (including phenoxy) is 1.